The van der Waals surface area contributed by atoms with Crippen molar-refractivity contribution in [2.45, 2.75) is 12.8 Å². The van der Waals surface area contributed by atoms with Crippen LogP contribution in [0.25, 0.3) is 11.5 Å². The van der Waals surface area contributed by atoms with Crippen LogP contribution in [0.3, 0.4) is 0 Å². The molecule has 0 radical (unpaired) electrons. The van der Waals surface area contributed by atoms with Crippen molar-refractivity contribution >= 4 is 0 Å². The lowest BCUT2D eigenvalue weighted by atomic mass is 10.3. The third-order valence-electron chi connectivity index (χ3n) is 1.96. The van der Waals surface area contributed by atoms with Crippen LogP contribution in [0.2, 0.25) is 0 Å². The Balaban J connectivity index is 2.14. The summed E-state index contributed by atoms with van der Waals surface area (Å²) in [6.07, 6.45) is 3.27. The Kier molecular flexibility index (Phi) is 3.04. The van der Waals surface area contributed by atoms with Crippen molar-refractivity contribution < 1.29 is 4.52 Å². The van der Waals surface area contributed by atoms with Crippen LogP contribution in [-0.2, 0) is 6.42 Å². The number of hydrogen-bond acceptors (Lipinski definition) is 5. The van der Waals surface area contributed by atoms with Gasteiger partial charge in [-0.15, -0.1) is 0 Å². The van der Waals surface area contributed by atoms with Gasteiger partial charge in [0.25, 0.3) is 0 Å². The second-order valence-electron chi connectivity index (χ2n) is 3.12. The molecule has 2 heterocycles. The van der Waals surface area contributed by atoms with Gasteiger partial charge in [-0.25, -0.2) is 0 Å². The van der Waals surface area contributed by atoms with E-state index in [1.807, 2.05) is 18.2 Å². The second kappa shape index (κ2) is 4.65. The number of nitrogens with two attached hydrogens (primary N) is 1. The topological polar surface area (TPSA) is 77.8 Å². The van der Waals surface area contributed by atoms with E-state index in [-0.39, 0.29) is 0 Å². The van der Waals surface area contributed by atoms with Gasteiger partial charge in [0.15, 0.2) is 0 Å². The summed E-state index contributed by atoms with van der Waals surface area (Å²) in [6.45, 7) is 0.626. The zero-order valence-electron chi connectivity index (χ0n) is 8.26. The first kappa shape index (κ1) is 9.79. The predicted octanol–water partition coefficient (Wildman–Crippen LogP) is 1.02. The Hall–Kier alpha value is -1.75. The molecule has 0 saturated heterocycles. The van der Waals surface area contributed by atoms with Gasteiger partial charge in [0, 0.05) is 12.6 Å². The molecule has 0 aromatic carbocycles. The monoisotopic (exact) mass is 204 g/mol. The highest BCUT2D eigenvalue weighted by molar-refractivity contribution is 5.46. The lowest BCUT2D eigenvalue weighted by molar-refractivity contribution is 0.376. The third-order valence-corrected chi connectivity index (χ3v) is 1.96. The highest BCUT2D eigenvalue weighted by atomic mass is 16.5. The number of pyridine rings is 1. The summed E-state index contributed by atoms with van der Waals surface area (Å²) in [7, 11) is 0. The molecule has 2 aromatic heterocycles. The molecule has 5 heteroatoms. The van der Waals surface area contributed by atoms with Crippen LogP contribution in [0.4, 0.5) is 0 Å². The SMILES string of the molecule is NCCCc1nc(-c2ccccn2)no1. The van der Waals surface area contributed by atoms with Gasteiger partial charge in [-0.2, -0.15) is 4.98 Å². The molecule has 0 atom stereocenters. The maximum Gasteiger partial charge on any atom is 0.227 e. The van der Waals surface area contributed by atoms with E-state index < -0.39 is 0 Å². The van der Waals surface area contributed by atoms with Crippen LogP contribution in [0.15, 0.2) is 28.9 Å². The number of rotatable bonds is 4. The van der Waals surface area contributed by atoms with Crippen LogP contribution in [0.5, 0.6) is 0 Å². The standard InChI is InChI=1S/C10H12N4O/c11-6-3-5-9-13-10(14-15-9)8-4-1-2-7-12-8/h1-2,4,7H,3,5-6,11H2. The minimum absolute atomic E-state index is 0.530. The molecule has 0 bridgehead atoms. The van der Waals surface area contributed by atoms with Crippen LogP contribution < -0.4 is 5.73 Å². The quantitative estimate of drug-likeness (QED) is 0.804. The van der Waals surface area contributed by atoms with Gasteiger partial charge < -0.3 is 10.3 Å². The van der Waals surface area contributed by atoms with Crippen molar-refractivity contribution in [3.63, 3.8) is 0 Å². The van der Waals surface area contributed by atoms with E-state index in [2.05, 4.69) is 15.1 Å². The Morgan fingerprint density at radius 3 is 3.00 bits per heavy atom. The molecule has 0 unspecified atom stereocenters. The minimum atomic E-state index is 0.530. The van der Waals surface area contributed by atoms with E-state index >= 15 is 0 Å². The Bertz CT molecular complexity index is 412. The van der Waals surface area contributed by atoms with Crippen molar-refractivity contribution in [3.05, 3.63) is 30.3 Å². The maximum absolute atomic E-state index is 5.39. The lowest BCUT2D eigenvalue weighted by Crippen LogP contribution is -2.00. The first-order valence-electron chi connectivity index (χ1n) is 4.84. The summed E-state index contributed by atoms with van der Waals surface area (Å²) in [5, 5.41) is 3.85. The molecule has 0 aliphatic heterocycles. The molecular weight excluding hydrogens is 192 g/mol. The lowest BCUT2D eigenvalue weighted by Gasteiger charge is -1.90. The van der Waals surface area contributed by atoms with E-state index in [4.69, 9.17) is 10.3 Å². The third kappa shape index (κ3) is 2.38. The van der Waals surface area contributed by atoms with Crippen molar-refractivity contribution in [2.75, 3.05) is 6.54 Å². The Labute approximate surface area is 87.3 Å². The van der Waals surface area contributed by atoms with Gasteiger partial charge in [0.2, 0.25) is 11.7 Å². The molecule has 0 amide bonds. The molecule has 2 rings (SSSR count). The molecule has 0 spiro atoms. The molecule has 15 heavy (non-hydrogen) atoms. The number of hydrogen-bond donors (Lipinski definition) is 1. The average molecular weight is 204 g/mol. The first-order valence-corrected chi connectivity index (χ1v) is 4.84. The van der Waals surface area contributed by atoms with Gasteiger partial charge in [0.05, 0.1) is 0 Å². The fraction of sp³-hybridized carbons (Fsp3) is 0.300. The molecule has 78 valence electrons. The van der Waals surface area contributed by atoms with Crippen LogP contribution in [0, 0.1) is 0 Å². The molecule has 0 saturated carbocycles. The van der Waals surface area contributed by atoms with Crippen molar-refractivity contribution in [3.8, 4) is 11.5 Å². The van der Waals surface area contributed by atoms with Crippen LogP contribution in [0.1, 0.15) is 12.3 Å². The van der Waals surface area contributed by atoms with Gasteiger partial charge in [-0.3, -0.25) is 4.98 Å². The number of aromatic nitrogens is 3. The smallest absolute Gasteiger partial charge is 0.227 e. The highest BCUT2D eigenvalue weighted by Crippen LogP contribution is 2.12. The zero-order valence-corrected chi connectivity index (χ0v) is 8.26. The van der Waals surface area contributed by atoms with Crippen molar-refractivity contribution in [1.29, 1.82) is 0 Å². The summed E-state index contributed by atoms with van der Waals surface area (Å²) in [4.78, 5) is 8.36. The zero-order chi connectivity index (χ0) is 10.5. The summed E-state index contributed by atoms with van der Waals surface area (Å²) in [6, 6.07) is 5.58. The molecule has 0 aliphatic carbocycles. The molecule has 5 nitrogen and oxygen atoms in total. The van der Waals surface area contributed by atoms with E-state index in [1.54, 1.807) is 6.20 Å². The number of aryl methyl sites for hydroxylation is 1. The van der Waals surface area contributed by atoms with Crippen LogP contribution >= 0.6 is 0 Å². The Morgan fingerprint density at radius 2 is 2.27 bits per heavy atom. The predicted molar refractivity (Wildman–Crippen MR) is 54.9 cm³/mol. The van der Waals surface area contributed by atoms with Gasteiger partial charge in [-0.05, 0) is 25.1 Å². The van der Waals surface area contributed by atoms with Gasteiger partial charge in [-0.1, -0.05) is 11.2 Å². The highest BCUT2D eigenvalue weighted by Gasteiger charge is 2.08. The molecule has 2 aromatic rings. The van der Waals surface area contributed by atoms with E-state index in [0.29, 0.717) is 18.3 Å². The summed E-state index contributed by atoms with van der Waals surface area (Å²) >= 11 is 0. The molecule has 0 aliphatic rings. The van der Waals surface area contributed by atoms with Crippen molar-refractivity contribution in [1.82, 2.24) is 15.1 Å². The summed E-state index contributed by atoms with van der Waals surface area (Å²) in [5.41, 5.74) is 6.11. The maximum atomic E-state index is 5.39. The van der Waals surface area contributed by atoms with Crippen molar-refractivity contribution in [2.24, 2.45) is 5.73 Å². The summed E-state index contributed by atoms with van der Waals surface area (Å²) < 4.78 is 5.06. The molecule has 2 N–H and O–H groups in total. The summed E-state index contributed by atoms with van der Waals surface area (Å²) in [5.74, 6) is 1.14. The fourth-order valence-corrected chi connectivity index (χ4v) is 1.21. The average Bonchev–Trinajstić information content (AvgIpc) is 2.76. The van der Waals surface area contributed by atoms with E-state index in [9.17, 15) is 0 Å². The molecular formula is C10H12N4O. The first-order chi connectivity index (χ1) is 7.40. The van der Waals surface area contributed by atoms with Crippen LogP contribution in [-0.4, -0.2) is 21.7 Å². The molecule has 0 fully saturated rings. The fourth-order valence-electron chi connectivity index (χ4n) is 1.21. The second-order valence-corrected chi connectivity index (χ2v) is 3.12. The van der Waals surface area contributed by atoms with Gasteiger partial charge in [0.1, 0.15) is 5.69 Å². The van der Waals surface area contributed by atoms with E-state index in [0.717, 1.165) is 18.5 Å². The van der Waals surface area contributed by atoms with E-state index in [1.165, 1.54) is 0 Å². The van der Waals surface area contributed by atoms with Gasteiger partial charge >= 0.3 is 0 Å². The minimum Gasteiger partial charge on any atom is -0.339 e. The number of nitrogens with zero attached hydrogens (tertiary/aromatic N) is 3. The Morgan fingerprint density at radius 1 is 1.33 bits per heavy atom. The largest absolute Gasteiger partial charge is 0.339 e. The normalized spacial score (nSPS) is 10.5.